The van der Waals surface area contributed by atoms with Crippen LogP contribution in [0.2, 0.25) is 0 Å². The highest BCUT2D eigenvalue weighted by Gasteiger charge is 2.33. The molecule has 166 valence electrons. The van der Waals surface area contributed by atoms with Crippen LogP contribution in [0, 0.1) is 0 Å². The van der Waals surface area contributed by atoms with E-state index in [1.807, 2.05) is 54.6 Å². The molecule has 0 spiro atoms. The molecule has 3 aromatic carbocycles. The van der Waals surface area contributed by atoms with Crippen LogP contribution in [0.1, 0.15) is 24.0 Å². The highest BCUT2D eigenvalue weighted by molar-refractivity contribution is 7.90. The van der Waals surface area contributed by atoms with E-state index in [0.717, 1.165) is 55.8 Å². The number of para-hydroxylation sites is 2. The number of likely N-dealkylation sites (tertiary alicyclic amines) is 1. The Morgan fingerprint density at radius 2 is 1.62 bits per heavy atom. The van der Waals surface area contributed by atoms with Gasteiger partial charge in [0.05, 0.1) is 16.3 Å². The van der Waals surface area contributed by atoms with Gasteiger partial charge >= 0.3 is 0 Å². The largest absolute Gasteiger partial charge is 0.508 e. The zero-order valence-electron chi connectivity index (χ0n) is 18.0. The molecule has 2 aliphatic heterocycles. The predicted molar refractivity (Wildman–Crippen MR) is 127 cm³/mol. The molecule has 0 radical (unpaired) electrons. The summed E-state index contributed by atoms with van der Waals surface area (Å²) >= 11 is 0. The lowest BCUT2D eigenvalue weighted by Gasteiger charge is -2.33. The van der Waals surface area contributed by atoms with Gasteiger partial charge in [0, 0.05) is 24.8 Å². The number of aromatic hydroxyl groups is 1. The van der Waals surface area contributed by atoms with Gasteiger partial charge in [-0.05, 0) is 67.3 Å². The van der Waals surface area contributed by atoms with Crippen molar-refractivity contribution in [1.29, 1.82) is 0 Å². The topological polar surface area (TPSA) is 60.9 Å². The van der Waals surface area contributed by atoms with Gasteiger partial charge in [0.15, 0.2) is 9.84 Å². The average Bonchev–Trinajstić information content (AvgIpc) is 3.21. The summed E-state index contributed by atoms with van der Waals surface area (Å²) in [6, 6.07) is 23.1. The summed E-state index contributed by atoms with van der Waals surface area (Å²) in [5.41, 5.74) is 3.84. The van der Waals surface area contributed by atoms with Crippen LogP contribution < -0.4 is 4.90 Å². The number of sulfone groups is 1. The van der Waals surface area contributed by atoms with Crippen LogP contribution in [-0.4, -0.2) is 44.1 Å². The zero-order chi connectivity index (χ0) is 22.1. The fourth-order valence-corrected chi connectivity index (χ4v) is 6.58. The van der Waals surface area contributed by atoms with E-state index in [9.17, 15) is 13.5 Å². The van der Waals surface area contributed by atoms with E-state index in [1.54, 1.807) is 18.2 Å². The van der Waals surface area contributed by atoms with E-state index in [2.05, 4.69) is 9.80 Å². The van der Waals surface area contributed by atoms with Crippen molar-refractivity contribution >= 4 is 21.2 Å². The molecule has 1 N–H and O–H groups in total. The van der Waals surface area contributed by atoms with E-state index in [1.165, 1.54) is 5.56 Å². The smallest absolute Gasteiger partial charge is 0.184 e. The number of anilines is 2. The van der Waals surface area contributed by atoms with Gasteiger partial charge in [0.1, 0.15) is 5.75 Å². The first-order chi connectivity index (χ1) is 15.5. The van der Waals surface area contributed by atoms with Crippen molar-refractivity contribution in [2.24, 2.45) is 0 Å². The molecular formula is C26H28N2O3S. The Kier molecular flexibility index (Phi) is 5.66. The second-order valence-electron chi connectivity index (χ2n) is 8.71. The van der Waals surface area contributed by atoms with Crippen LogP contribution in [0.15, 0.2) is 77.7 Å². The lowest BCUT2D eigenvalue weighted by molar-refractivity contribution is 0.261. The molecule has 1 fully saturated rings. The summed E-state index contributed by atoms with van der Waals surface area (Å²) in [5, 5.41) is 9.52. The highest BCUT2D eigenvalue weighted by Crippen LogP contribution is 2.40. The summed E-state index contributed by atoms with van der Waals surface area (Å²) in [5.74, 6) is 0.326. The molecular weight excluding hydrogens is 420 g/mol. The maximum absolute atomic E-state index is 13.1. The van der Waals surface area contributed by atoms with Gasteiger partial charge in [0.2, 0.25) is 0 Å². The Balaban J connectivity index is 1.43. The number of hydrogen-bond donors (Lipinski definition) is 1. The molecule has 32 heavy (non-hydrogen) atoms. The number of hydrogen-bond acceptors (Lipinski definition) is 5. The number of nitrogens with zero attached hydrogens (tertiary/aromatic N) is 2. The van der Waals surface area contributed by atoms with E-state index in [0.29, 0.717) is 16.7 Å². The van der Waals surface area contributed by atoms with Crippen molar-refractivity contribution in [3.05, 3.63) is 83.9 Å². The van der Waals surface area contributed by atoms with Crippen LogP contribution in [0.25, 0.3) is 0 Å². The Labute approximate surface area is 189 Å². The Morgan fingerprint density at radius 3 is 2.44 bits per heavy atom. The van der Waals surface area contributed by atoms with Gasteiger partial charge < -0.3 is 10.0 Å². The second-order valence-corrected chi connectivity index (χ2v) is 10.7. The van der Waals surface area contributed by atoms with Crippen LogP contribution in [0.4, 0.5) is 11.4 Å². The Hall–Kier alpha value is -2.83. The average molecular weight is 449 g/mol. The van der Waals surface area contributed by atoms with E-state index in [-0.39, 0.29) is 5.75 Å². The monoisotopic (exact) mass is 448 g/mol. The van der Waals surface area contributed by atoms with E-state index >= 15 is 0 Å². The number of fused-ring (bicyclic) bond motifs is 2. The molecule has 0 bridgehead atoms. The predicted octanol–water partition coefficient (Wildman–Crippen LogP) is 4.52. The maximum Gasteiger partial charge on any atom is 0.184 e. The second kappa shape index (κ2) is 8.60. The fourth-order valence-electron chi connectivity index (χ4n) is 4.99. The number of phenolic OH excluding ortho intramolecular Hbond substituents is 1. The minimum atomic E-state index is -3.40. The van der Waals surface area contributed by atoms with Crippen molar-refractivity contribution in [3.63, 3.8) is 0 Å². The summed E-state index contributed by atoms with van der Waals surface area (Å²) in [6.45, 7) is 2.77. The molecule has 0 saturated carbocycles. The van der Waals surface area contributed by atoms with E-state index < -0.39 is 9.84 Å². The van der Waals surface area contributed by atoms with Gasteiger partial charge in [-0.2, -0.15) is 0 Å². The van der Waals surface area contributed by atoms with Gasteiger partial charge in [-0.15, -0.1) is 0 Å². The quantitative estimate of drug-likeness (QED) is 0.622. The summed E-state index contributed by atoms with van der Waals surface area (Å²) in [6.07, 6.45) is 3.18. The summed E-state index contributed by atoms with van der Waals surface area (Å²) in [7, 11) is -3.40. The first-order valence-electron chi connectivity index (χ1n) is 11.2. The molecule has 2 aliphatic rings. The van der Waals surface area contributed by atoms with Crippen molar-refractivity contribution in [2.45, 2.75) is 36.0 Å². The molecule has 0 aliphatic carbocycles. The molecule has 1 saturated heterocycles. The third-order valence-electron chi connectivity index (χ3n) is 6.64. The van der Waals surface area contributed by atoms with Crippen molar-refractivity contribution in [3.8, 4) is 5.75 Å². The Morgan fingerprint density at radius 1 is 0.906 bits per heavy atom. The third kappa shape index (κ3) is 4.12. The fraction of sp³-hybridized carbons (Fsp3) is 0.308. The first-order valence-corrected chi connectivity index (χ1v) is 12.9. The van der Waals surface area contributed by atoms with Gasteiger partial charge in [-0.1, -0.05) is 42.5 Å². The van der Waals surface area contributed by atoms with Crippen molar-refractivity contribution in [2.75, 3.05) is 24.5 Å². The lowest BCUT2D eigenvalue weighted by Crippen LogP contribution is -2.40. The molecule has 1 atom stereocenters. The third-order valence-corrected chi connectivity index (χ3v) is 8.34. The summed E-state index contributed by atoms with van der Waals surface area (Å²) in [4.78, 5) is 5.17. The molecule has 2 heterocycles. The normalized spacial score (nSPS) is 19.9. The molecule has 3 aromatic rings. The SMILES string of the molecule is O=S1(=O)Cc2ccccc2N(C[C@@H]2CCCN2CCc2ccc(O)cc2)c2ccccc21. The molecule has 0 amide bonds. The number of rotatable bonds is 5. The summed E-state index contributed by atoms with van der Waals surface area (Å²) < 4.78 is 26.3. The number of phenols is 1. The Bertz CT molecular complexity index is 1210. The van der Waals surface area contributed by atoms with Crippen molar-refractivity contribution in [1.82, 2.24) is 4.90 Å². The maximum atomic E-state index is 13.1. The van der Waals surface area contributed by atoms with E-state index in [4.69, 9.17) is 0 Å². The number of benzene rings is 3. The molecule has 5 nitrogen and oxygen atoms in total. The lowest BCUT2D eigenvalue weighted by atomic mass is 10.1. The molecule has 5 rings (SSSR count). The van der Waals surface area contributed by atoms with Crippen molar-refractivity contribution < 1.29 is 13.5 Å². The molecule has 6 heteroatoms. The van der Waals surface area contributed by atoms with Crippen LogP contribution >= 0.6 is 0 Å². The molecule has 0 unspecified atom stereocenters. The van der Waals surface area contributed by atoms with Crippen LogP contribution in [0.3, 0.4) is 0 Å². The minimum absolute atomic E-state index is 0.0337. The van der Waals surface area contributed by atoms with Gasteiger partial charge in [-0.25, -0.2) is 8.42 Å². The van der Waals surface area contributed by atoms with Gasteiger partial charge in [0.25, 0.3) is 0 Å². The standard InChI is InChI=1S/C26H28N2O3S/c29-23-13-11-20(12-14-23)15-17-27-16-5-7-22(27)18-28-24-8-2-1-6-21(24)19-32(30,31)26-10-4-3-9-25(26)28/h1-4,6,8-14,22,29H,5,7,15-19H2/t22-/m0/s1. The van der Waals surface area contributed by atoms with Crippen LogP contribution in [-0.2, 0) is 22.0 Å². The first kappa shape index (κ1) is 21.0. The van der Waals surface area contributed by atoms with Gasteiger partial charge in [-0.3, -0.25) is 4.90 Å². The zero-order valence-corrected chi connectivity index (χ0v) is 18.8. The highest BCUT2D eigenvalue weighted by atomic mass is 32.2. The van der Waals surface area contributed by atoms with Crippen LogP contribution in [0.5, 0.6) is 5.75 Å². The minimum Gasteiger partial charge on any atom is -0.508 e. The molecule has 0 aromatic heterocycles.